The molecule has 0 amide bonds. The van der Waals surface area contributed by atoms with E-state index in [4.69, 9.17) is 119 Å². The molecule has 0 saturated carbocycles. The van der Waals surface area contributed by atoms with E-state index < -0.39 is 47.1 Å². The first-order chi connectivity index (χ1) is 44.4. The molecule has 0 unspecified atom stereocenters. The maximum atomic E-state index is 8.49. The summed E-state index contributed by atoms with van der Waals surface area (Å²) in [6.45, 7) is 8.71. The molecule has 0 aliphatic carbocycles. The molecule has 0 bridgehead atoms. The number of halogens is 4. The summed E-state index contributed by atoms with van der Waals surface area (Å²) in [5, 5.41) is 16.7. The smallest absolute Gasteiger partial charge is 0.652 e. The van der Waals surface area contributed by atoms with E-state index in [0.717, 1.165) is 73.4 Å². The second-order valence-corrected chi connectivity index (χ2v) is 22.6. The number of benzene rings is 3. The number of aromatic nitrogens is 6. The topological polar surface area (TPSA) is 522 Å². The molecule has 3 aromatic carbocycles. The summed E-state index contributed by atoms with van der Waals surface area (Å²) >= 11 is 0. The first kappa shape index (κ1) is 89.1. The van der Waals surface area contributed by atoms with Crippen LogP contribution in [0.5, 0.6) is 0 Å². The molecule has 6 aromatic heterocycles. The third kappa shape index (κ3) is 46.1. The van der Waals surface area contributed by atoms with Gasteiger partial charge in [-0.3, -0.25) is 49.5 Å². The van der Waals surface area contributed by atoms with Crippen LogP contribution in [0.2, 0.25) is 0 Å². The number of hydrogen-bond donors (Lipinski definition) is 0. The standard InChI is InChI=1S/C60H60N10.CH2O3.4ClHO4.3Zn/c1-4-22-52(40-68(43-55-25-7-13-31-61-55)44-56-26-8-14-32-62-56)49(19-1)37-67(38-50-20-2-5-23-53(50)41-69(45-57-27-9-15-33-63-57)46-58-28-10-16-34-64-58)39-51-21-3-6-24-54(51)42-70(47-59-29-11-17-35-65-59)48-60-30-12-18-36-66-60;2-1(3)4;4*2-1(3,4)5;;;/h1-36H,37-48H2;(H2,2,3,4);4*(H,2,3,4,5);;;/q;;;;;;3*+2/p-6. The van der Waals surface area contributed by atoms with Gasteiger partial charge in [-0.2, -0.15) is 0 Å². The summed E-state index contributed by atoms with van der Waals surface area (Å²) < 4.78 is 136. The predicted molar refractivity (Wildman–Crippen MR) is 282 cm³/mol. The zero-order chi connectivity index (χ0) is 69.0. The van der Waals surface area contributed by atoms with Crippen LogP contribution < -0.4 is 84.8 Å². The zero-order valence-electron chi connectivity index (χ0n) is 51.6. The molecule has 29 nitrogen and oxygen atoms in total. The van der Waals surface area contributed by atoms with E-state index in [1.165, 1.54) is 33.4 Å². The van der Waals surface area contributed by atoms with E-state index in [1.54, 1.807) is 0 Å². The number of carbonyl (C=O) groups is 1. The Morgan fingerprint density at radius 1 is 0.237 bits per heavy atom. The molecule has 0 spiro atoms. The van der Waals surface area contributed by atoms with Crippen molar-refractivity contribution in [1.82, 2.24) is 49.5 Å². The summed E-state index contributed by atoms with van der Waals surface area (Å²) in [4.78, 5) is 46.7. The maximum absolute atomic E-state index is 8.49. The summed E-state index contributed by atoms with van der Waals surface area (Å²) in [6, 6.07) is 63.7. The van der Waals surface area contributed by atoms with E-state index in [2.05, 4.69) is 165 Å². The normalized spacial score (nSPS) is 11.0. The fourth-order valence-electron chi connectivity index (χ4n) is 9.04. The molecule has 0 fully saturated rings. The van der Waals surface area contributed by atoms with Gasteiger partial charge in [-0.15, -0.1) is 41.0 Å². The van der Waals surface area contributed by atoms with Crippen molar-refractivity contribution in [2.24, 2.45) is 0 Å². The van der Waals surface area contributed by atoms with Gasteiger partial charge in [0.1, 0.15) is 0 Å². The van der Waals surface area contributed by atoms with Crippen LogP contribution in [0.15, 0.2) is 219 Å². The third-order valence-electron chi connectivity index (χ3n) is 12.4. The first-order valence-corrected chi connectivity index (χ1v) is 32.2. The Balaban J connectivity index is 0.00000150. The van der Waals surface area contributed by atoms with Crippen LogP contribution in [0.3, 0.4) is 0 Å². The summed E-state index contributed by atoms with van der Waals surface area (Å²) in [5.41, 5.74) is 13.9. The SMILES string of the molecule is O=C([O-])[O-].[O-][Cl+3]([O-])([O-])[O-].[O-][Cl+3]([O-])([O-])[O-].[O-][Cl+3]([O-])([O-])[O-].[O-][Cl+3]([O-])([O-])[O-].[Zn+2].[Zn+2].[Zn+2].c1ccc(CN(Cc2ccccn2)Cc2ccccc2CN(Cc2ccccc2CN(Cc2ccccn2)Cc2ccccn2)Cc2ccccc2CN(Cc2ccccn2)Cc2ccccn2)nc1. The van der Waals surface area contributed by atoms with Crippen molar-refractivity contribution >= 4 is 6.16 Å². The molecule has 0 atom stereocenters. The van der Waals surface area contributed by atoms with Gasteiger partial charge in [-0.1, -0.05) is 109 Å². The number of carboxylic acid groups (broad SMARTS) is 2. The Morgan fingerprint density at radius 2 is 0.351 bits per heavy atom. The van der Waals surface area contributed by atoms with E-state index >= 15 is 0 Å². The maximum Gasteiger partial charge on any atom is 2.00 e. The molecule has 9 aromatic rings. The van der Waals surface area contributed by atoms with E-state index in [-0.39, 0.29) is 58.4 Å². The molecular weight excluding hydrogens is 1510 g/mol. The second kappa shape index (κ2) is 47.2. The van der Waals surface area contributed by atoms with Gasteiger partial charge in [0.15, 0.2) is 0 Å². The monoisotopic (exact) mass is 1570 g/mol. The minimum atomic E-state index is -4.94. The average Bonchev–Trinajstić information content (AvgIpc) is 0.842. The third-order valence-corrected chi connectivity index (χ3v) is 12.4. The van der Waals surface area contributed by atoms with Crippen molar-refractivity contribution in [1.29, 1.82) is 0 Å². The largest absolute Gasteiger partial charge is 2.00 e. The predicted octanol–water partition coefficient (Wildman–Crippen LogP) is -10.6. The molecule has 502 valence electrons. The van der Waals surface area contributed by atoms with Gasteiger partial charge in [0.25, 0.3) is 0 Å². The van der Waals surface area contributed by atoms with Crippen LogP contribution in [-0.4, -0.2) is 55.7 Å². The van der Waals surface area contributed by atoms with Crippen molar-refractivity contribution in [3.8, 4) is 0 Å². The molecule has 97 heavy (non-hydrogen) atoms. The Bertz CT molecular complexity index is 3010. The van der Waals surface area contributed by atoms with Gasteiger partial charge < -0.3 is 15.0 Å². The number of carbonyl (C=O) groups excluding carboxylic acids is 1. The number of nitrogens with zero attached hydrogens (tertiary/aromatic N) is 10. The van der Waals surface area contributed by atoms with Gasteiger partial charge >= 0.3 is 58.4 Å². The molecule has 0 N–H and O–H groups in total. The van der Waals surface area contributed by atoms with Crippen LogP contribution in [0.4, 0.5) is 4.79 Å². The van der Waals surface area contributed by atoms with Crippen LogP contribution in [-0.2, 0) is 137 Å². The first-order valence-electron chi connectivity index (χ1n) is 27.2. The van der Waals surface area contributed by atoms with Crippen LogP contribution in [0, 0.1) is 41.0 Å². The van der Waals surface area contributed by atoms with Gasteiger partial charge in [0, 0.05) is 116 Å². The van der Waals surface area contributed by atoms with Crippen LogP contribution in [0.1, 0.15) is 67.5 Å². The fourth-order valence-corrected chi connectivity index (χ4v) is 9.04. The van der Waals surface area contributed by atoms with Crippen molar-refractivity contribution in [2.75, 3.05) is 0 Å². The van der Waals surface area contributed by atoms with Crippen molar-refractivity contribution in [3.05, 3.63) is 287 Å². The molecule has 0 saturated heterocycles. The van der Waals surface area contributed by atoms with Crippen molar-refractivity contribution in [2.45, 2.75) is 78.5 Å². The molecule has 36 heteroatoms. The molecule has 0 radical (unpaired) electrons. The number of rotatable bonds is 24. The van der Waals surface area contributed by atoms with Gasteiger partial charge in [-0.25, -0.2) is 74.5 Å². The number of pyridine rings is 6. The zero-order valence-corrected chi connectivity index (χ0v) is 63.6. The quantitative estimate of drug-likeness (QED) is 0.0507. The van der Waals surface area contributed by atoms with Crippen molar-refractivity contribution < 1.29 is 189 Å². The minimum absolute atomic E-state index is 0. The molecule has 0 aliphatic heterocycles. The van der Waals surface area contributed by atoms with E-state index in [9.17, 15) is 0 Å². The molecular formula is C61H60Cl4N10O19Zn3. The molecule has 6 heterocycles. The van der Waals surface area contributed by atoms with E-state index in [0.29, 0.717) is 39.3 Å². The van der Waals surface area contributed by atoms with Crippen molar-refractivity contribution in [3.63, 3.8) is 0 Å². The van der Waals surface area contributed by atoms with Crippen LogP contribution >= 0.6 is 0 Å². The second-order valence-electron chi connectivity index (χ2n) is 19.6. The van der Waals surface area contributed by atoms with E-state index in [1.807, 2.05) is 73.6 Å². The average molecular weight is 1580 g/mol. The Morgan fingerprint density at radius 3 is 0.464 bits per heavy atom. The van der Waals surface area contributed by atoms with Gasteiger partial charge in [-0.05, 0) is 112 Å². The van der Waals surface area contributed by atoms with Gasteiger partial charge in [0.05, 0.1) is 34.2 Å². The fraction of sp³-hybridized carbons (Fsp3) is 0.197. The minimum Gasteiger partial charge on any atom is -0.652 e. The Hall–Kier alpha value is -5.94. The molecule has 0 aliphatic rings. The van der Waals surface area contributed by atoms with Crippen LogP contribution in [0.25, 0.3) is 0 Å². The van der Waals surface area contributed by atoms with Gasteiger partial charge in [0.2, 0.25) is 0 Å². The summed E-state index contributed by atoms with van der Waals surface area (Å²) in [6.07, 6.45) is 8.93. The molecule has 9 rings (SSSR count). The Labute approximate surface area is 605 Å². The Kier molecular flexibility index (Phi) is 43.3. The number of hydrogen-bond acceptors (Lipinski definition) is 29. The summed E-state index contributed by atoms with van der Waals surface area (Å²) in [7, 11) is -19.8. The summed E-state index contributed by atoms with van der Waals surface area (Å²) in [5.74, 6) is 0.